The van der Waals surface area contributed by atoms with Crippen molar-refractivity contribution in [3.05, 3.63) is 23.4 Å². The predicted octanol–water partition coefficient (Wildman–Crippen LogP) is 1.55. The van der Waals surface area contributed by atoms with E-state index in [-0.39, 0.29) is 0 Å². The van der Waals surface area contributed by atoms with Crippen molar-refractivity contribution < 1.29 is 4.52 Å². The molecule has 0 aromatic carbocycles. The lowest BCUT2D eigenvalue weighted by Crippen LogP contribution is -2.45. The van der Waals surface area contributed by atoms with Crippen molar-refractivity contribution in [3.63, 3.8) is 0 Å². The number of piperazine rings is 1. The molecule has 1 saturated heterocycles. The van der Waals surface area contributed by atoms with Gasteiger partial charge in [0.15, 0.2) is 0 Å². The number of hydrogen-bond acceptors (Lipinski definition) is 6. The lowest BCUT2D eigenvalue weighted by Gasteiger charge is -2.32. The van der Waals surface area contributed by atoms with Crippen molar-refractivity contribution in [2.45, 2.75) is 6.54 Å². The van der Waals surface area contributed by atoms with Gasteiger partial charge in [-0.1, -0.05) is 17.1 Å². The zero-order valence-corrected chi connectivity index (χ0v) is 12.0. The molecule has 5 nitrogen and oxygen atoms in total. The van der Waals surface area contributed by atoms with Gasteiger partial charge in [0.25, 0.3) is 0 Å². The summed E-state index contributed by atoms with van der Waals surface area (Å²) >= 11 is 1.62. The van der Waals surface area contributed by atoms with Crippen molar-refractivity contribution in [2.24, 2.45) is 0 Å². The fraction of sp³-hybridized carbons (Fsp3) is 0.429. The predicted molar refractivity (Wildman–Crippen MR) is 78.2 cm³/mol. The Morgan fingerprint density at radius 2 is 2.10 bits per heavy atom. The number of terminal acetylenes is 1. The lowest BCUT2D eigenvalue weighted by atomic mass is 10.3. The number of hydrogen-bond donors (Lipinski definition) is 0. The first-order chi connectivity index (χ1) is 9.85. The van der Waals surface area contributed by atoms with Crippen molar-refractivity contribution in [2.75, 3.05) is 32.7 Å². The van der Waals surface area contributed by atoms with Gasteiger partial charge in [0.05, 0.1) is 18.0 Å². The summed E-state index contributed by atoms with van der Waals surface area (Å²) in [4.78, 5) is 10.1. The van der Waals surface area contributed by atoms with Crippen LogP contribution in [-0.4, -0.2) is 52.7 Å². The van der Waals surface area contributed by atoms with Gasteiger partial charge in [-0.25, -0.2) is 0 Å². The molecule has 104 valence electrons. The van der Waals surface area contributed by atoms with Gasteiger partial charge < -0.3 is 4.52 Å². The molecule has 2 aromatic heterocycles. The summed E-state index contributed by atoms with van der Waals surface area (Å²) in [5.41, 5.74) is 0. The second-order valence-corrected chi connectivity index (χ2v) is 5.69. The molecule has 0 aliphatic carbocycles. The Labute approximate surface area is 122 Å². The molecular weight excluding hydrogens is 272 g/mol. The molecule has 1 fully saturated rings. The van der Waals surface area contributed by atoms with E-state index in [9.17, 15) is 0 Å². The van der Waals surface area contributed by atoms with E-state index in [1.54, 1.807) is 11.3 Å². The number of nitrogens with zero attached hydrogens (tertiary/aromatic N) is 4. The van der Waals surface area contributed by atoms with E-state index in [1.165, 1.54) is 0 Å². The van der Waals surface area contributed by atoms with Gasteiger partial charge in [0, 0.05) is 26.2 Å². The Bertz CT molecular complexity index is 579. The summed E-state index contributed by atoms with van der Waals surface area (Å²) in [5, 5.41) is 6.04. The molecule has 0 N–H and O–H groups in total. The highest BCUT2D eigenvalue weighted by Crippen LogP contribution is 2.21. The van der Waals surface area contributed by atoms with E-state index in [2.05, 4.69) is 25.9 Å². The van der Waals surface area contributed by atoms with Crippen LogP contribution in [-0.2, 0) is 6.54 Å². The van der Waals surface area contributed by atoms with Crippen LogP contribution in [0, 0.1) is 12.3 Å². The molecule has 0 spiro atoms. The van der Waals surface area contributed by atoms with Crippen LogP contribution in [0.3, 0.4) is 0 Å². The van der Waals surface area contributed by atoms with E-state index in [0.29, 0.717) is 18.3 Å². The maximum atomic E-state index is 5.33. The minimum Gasteiger partial charge on any atom is -0.338 e. The first kappa shape index (κ1) is 13.3. The van der Waals surface area contributed by atoms with Gasteiger partial charge in [-0.05, 0) is 11.4 Å². The van der Waals surface area contributed by atoms with E-state index < -0.39 is 0 Å². The van der Waals surface area contributed by atoms with E-state index >= 15 is 0 Å². The second-order valence-electron chi connectivity index (χ2n) is 4.75. The van der Waals surface area contributed by atoms with Crippen molar-refractivity contribution in [1.29, 1.82) is 0 Å². The van der Waals surface area contributed by atoms with Crippen LogP contribution < -0.4 is 0 Å². The molecule has 20 heavy (non-hydrogen) atoms. The van der Waals surface area contributed by atoms with Gasteiger partial charge in [-0.3, -0.25) is 9.80 Å². The van der Waals surface area contributed by atoms with Gasteiger partial charge in [0.2, 0.25) is 11.7 Å². The van der Waals surface area contributed by atoms with Gasteiger partial charge in [-0.2, -0.15) is 4.98 Å². The van der Waals surface area contributed by atoms with Crippen molar-refractivity contribution >= 4 is 11.3 Å². The maximum Gasteiger partial charge on any atom is 0.241 e. The molecule has 0 amide bonds. The Kier molecular flexibility index (Phi) is 4.11. The molecule has 2 aromatic rings. The van der Waals surface area contributed by atoms with Crippen LogP contribution in [0.5, 0.6) is 0 Å². The molecule has 0 bridgehead atoms. The highest BCUT2D eigenvalue weighted by atomic mass is 32.1. The minimum absolute atomic E-state index is 0.679. The van der Waals surface area contributed by atoms with Crippen LogP contribution in [0.25, 0.3) is 10.7 Å². The topological polar surface area (TPSA) is 45.4 Å². The maximum absolute atomic E-state index is 5.33. The highest BCUT2D eigenvalue weighted by Gasteiger charge is 2.18. The van der Waals surface area contributed by atoms with Crippen LogP contribution in [0.2, 0.25) is 0 Å². The second kappa shape index (κ2) is 6.18. The van der Waals surface area contributed by atoms with Crippen LogP contribution in [0.15, 0.2) is 22.0 Å². The smallest absolute Gasteiger partial charge is 0.241 e. The quantitative estimate of drug-likeness (QED) is 0.799. The Hall–Kier alpha value is -1.68. The van der Waals surface area contributed by atoms with Gasteiger partial charge in [0.1, 0.15) is 0 Å². The van der Waals surface area contributed by atoms with Crippen molar-refractivity contribution in [1.82, 2.24) is 19.9 Å². The fourth-order valence-electron chi connectivity index (χ4n) is 2.25. The Morgan fingerprint density at radius 1 is 1.30 bits per heavy atom. The molecule has 3 heterocycles. The Morgan fingerprint density at radius 3 is 2.80 bits per heavy atom. The summed E-state index contributed by atoms with van der Waals surface area (Å²) in [5.74, 6) is 4.05. The molecule has 1 aliphatic heterocycles. The third-order valence-corrected chi connectivity index (χ3v) is 4.21. The standard InChI is InChI=1S/C14H16N4OS/c1-2-5-17-6-8-18(9-7-17)11-13-15-14(16-19-13)12-4-3-10-20-12/h1,3-4,10H,5-9,11H2. The Balaban J connectivity index is 1.56. The largest absolute Gasteiger partial charge is 0.338 e. The summed E-state index contributed by atoms with van der Waals surface area (Å²) < 4.78 is 5.32. The number of thiophene rings is 1. The van der Waals surface area contributed by atoms with E-state index in [4.69, 9.17) is 10.9 Å². The van der Waals surface area contributed by atoms with E-state index in [0.717, 1.165) is 37.6 Å². The normalized spacial score (nSPS) is 17.1. The van der Waals surface area contributed by atoms with Crippen LogP contribution in [0.4, 0.5) is 0 Å². The minimum atomic E-state index is 0.679. The zero-order valence-electron chi connectivity index (χ0n) is 11.2. The van der Waals surface area contributed by atoms with Crippen molar-refractivity contribution in [3.8, 4) is 23.0 Å². The molecule has 0 saturated carbocycles. The molecule has 0 radical (unpaired) electrons. The average Bonchev–Trinajstić information content (AvgIpc) is 3.12. The molecule has 3 rings (SSSR count). The summed E-state index contributed by atoms with van der Waals surface area (Å²) in [6, 6.07) is 3.98. The summed E-state index contributed by atoms with van der Waals surface area (Å²) in [7, 11) is 0. The highest BCUT2D eigenvalue weighted by molar-refractivity contribution is 7.13. The number of rotatable bonds is 4. The first-order valence-electron chi connectivity index (χ1n) is 6.60. The third kappa shape index (κ3) is 3.07. The molecular formula is C14H16N4OS. The summed E-state index contributed by atoms with van der Waals surface area (Å²) in [6.07, 6.45) is 5.33. The van der Waals surface area contributed by atoms with Gasteiger partial charge >= 0.3 is 0 Å². The first-order valence-corrected chi connectivity index (χ1v) is 7.48. The van der Waals surface area contributed by atoms with Crippen LogP contribution in [0.1, 0.15) is 5.89 Å². The average molecular weight is 288 g/mol. The molecule has 1 aliphatic rings. The molecule has 6 heteroatoms. The molecule has 0 atom stereocenters. The number of aromatic nitrogens is 2. The molecule has 0 unspecified atom stereocenters. The lowest BCUT2D eigenvalue weighted by molar-refractivity contribution is 0.126. The SMILES string of the molecule is C#CCN1CCN(Cc2nc(-c3cccs3)no2)CC1. The van der Waals surface area contributed by atoms with Crippen LogP contribution >= 0.6 is 11.3 Å². The summed E-state index contributed by atoms with van der Waals surface area (Å²) in [6.45, 7) is 5.40. The van der Waals surface area contributed by atoms with Gasteiger partial charge in [-0.15, -0.1) is 17.8 Å². The zero-order chi connectivity index (χ0) is 13.8. The fourth-order valence-corrected chi connectivity index (χ4v) is 2.90. The van der Waals surface area contributed by atoms with E-state index in [1.807, 2.05) is 17.5 Å². The third-order valence-electron chi connectivity index (χ3n) is 3.35. The monoisotopic (exact) mass is 288 g/mol.